The summed E-state index contributed by atoms with van der Waals surface area (Å²) < 4.78 is 6.96. The highest BCUT2D eigenvalue weighted by Gasteiger charge is 2.29. The SMILES string of the molecule is Cn1nc(C(=O)NCCCCCC(=O)O)cc1NC(=O)OCC1c2ccccc2-c2ccccc21. The van der Waals surface area contributed by atoms with Gasteiger partial charge < -0.3 is 15.2 Å². The summed E-state index contributed by atoms with van der Waals surface area (Å²) in [5.74, 6) is -0.885. The zero-order valence-corrected chi connectivity index (χ0v) is 19.5. The lowest BCUT2D eigenvalue weighted by Crippen LogP contribution is -2.25. The van der Waals surface area contributed by atoms with Crippen LogP contribution in [-0.2, 0) is 16.6 Å². The Morgan fingerprint density at radius 3 is 2.31 bits per heavy atom. The zero-order valence-electron chi connectivity index (χ0n) is 19.5. The molecule has 3 N–H and O–H groups in total. The molecule has 0 unspecified atom stereocenters. The third kappa shape index (κ3) is 5.68. The van der Waals surface area contributed by atoms with Crippen molar-refractivity contribution in [2.75, 3.05) is 18.5 Å². The molecule has 2 aromatic carbocycles. The van der Waals surface area contributed by atoms with Crippen LogP contribution in [0, 0.1) is 0 Å². The van der Waals surface area contributed by atoms with Crippen LogP contribution in [0.2, 0.25) is 0 Å². The normalized spacial score (nSPS) is 12.0. The number of hydrogen-bond donors (Lipinski definition) is 3. The summed E-state index contributed by atoms with van der Waals surface area (Å²) >= 11 is 0. The predicted molar refractivity (Wildman–Crippen MR) is 130 cm³/mol. The van der Waals surface area contributed by atoms with Crippen LogP contribution < -0.4 is 10.6 Å². The molecule has 3 aromatic rings. The van der Waals surface area contributed by atoms with Gasteiger partial charge in [-0.15, -0.1) is 0 Å². The summed E-state index contributed by atoms with van der Waals surface area (Å²) in [6, 6.07) is 17.7. The van der Waals surface area contributed by atoms with Crippen molar-refractivity contribution in [3.63, 3.8) is 0 Å². The predicted octanol–water partition coefficient (Wildman–Crippen LogP) is 4.16. The molecule has 0 saturated heterocycles. The monoisotopic (exact) mass is 476 g/mol. The maximum Gasteiger partial charge on any atom is 0.412 e. The second kappa shape index (κ2) is 10.9. The van der Waals surface area contributed by atoms with E-state index in [2.05, 4.69) is 40.0 Å². The van der Waals surface area contributed by atoms with E-state index in [1.165, 1.54) is 10.7 Å². The molecule has 182 valence electrons. The lowest BCUT2D eigenvalue weighted by Gasteiger charge is -2.14. The molecule has 0 radical (unpaired) electrons. The second-order valence-electron chi connectivity index (χ2n) is 8.45. The van der Waals surface area contributed by atoms with E-state index in [0.717, 1.165) is 22.3 Å². The highest BCUT2D eigenvalue weighted by molar-refractivity contribution is 5.94. The summed E-state index contributed by atoms with van der Waals surface area (Å²) in [5, 5.41) is 18.2. The highest BCUT2D eigenvalue weighted by atomic mass is 16.5. The number of carboxylic acids is 1. The van der Waals surface area contributed by atoms with E-state index in [4.69, 9.17) is 9.84 Å². The third-order valence-corrected chi connectivity index (χ3v) is 6.04. The first-order chi connectivity index (χ1) is 16.9. The number of nitrogens with one attached hydrogen (secondary N) is 2. The van der Waals surface area contributed by atoms with Crippen molar-refractivity contribution in [3.05, 3.63) is 71.4 Å². The van der Waals surface area contributed by atoms with Crippen LogP contribution in [-0.4, -0.2) is 46.0 Å². The minimum atomic E-state index is -0.820. The summed E-state index contributed by atoms with van der Waals surface area (Å²) in [6.07, 6.45) is 1.46. The Balaban J connectivity index is 1.29. The highest BCUT2D eigenvalue weighted by Crippen LogP contribution is 2.44. The van der Waals surface area contributed by atoms with Gasteiger partial charge in [-0.25, -0.2) is 4.79 Å². The van der Waals surface area contributed by atoms with Crippen molar-refractivity contribution in [1.29, 1.82) is 0 Å². The van der Waals surface area contributed by atoms with E-state index in [1.54, 1.807) is 7.05 Å². The van der Waals surface area contributed by atoms with Crippen molar-refractivity contribution < 1.29 is 24.2 Å². The van der Waals surface area contributed by atoms with Gasteiger partial charge in [-0.1, -0.05) is 55.0 Å². The molecule has 2 amide bonds. The standard InChI is InChI=1S/C26H28N4O5/c1-30-23(15-22(29-30)25(33)27-14-8-2-3-13-24(31)32)28-26(34)35-16-21-19-11-6-4-9-17(19)18-10-5-7-12-20(18)21/h4-7,9-12,15,21H,2-3,8,13-14,16H2,1H3,(H,27,33)(H,28,34)(H,31,32). The fraction of sp³-hybridized carbons (Fsp3) is 0.308. The summed E-state index contributed by atoms with van der Waals surface area (Å²) in [4.78, 5) is 35.4. The number of carbonyl (C=O) groups excluding carboxylic acids is 2. The Labute approximate surface area is 203 Å². The molecule has 9 heteroatoms. The number of rotatable bonds is 10. The van der Waals surface area contributed by atoms with Gasteiger partial charge in [0.1, 0.15) is 12.4 Å². The van der Waals surface area contributed by atoms with Gasteiger partial charge in [0.05, 0.1) is 0 Å². The second-order valence-corrected chi connectivity index (χ2v) is 8.45. The van der Waals surface area contributed by atoms with Crippen molar-refractivity contribution in [2.45, 2.75) is 31.6 Å². The van der Waals surface area contributed by atoms with Crippen molar-refractivity contribution in [3.8, 4) is 11.1 Å². The molecule has 9 nitrogen and oxygen atoms in total. The molecule has 1 aromatic heterocycles. The maximum atomic E-state index is 12.5. The maximum absolute atomic E-state index is 12.5. The third-order valence-electron chi connectivity index (χ3n) is 6.04. The molecule has 35 heavy (non-hydrogen) atoms. The number of anilines is 1. The molecule has 0 saturated carbocycles. The molecule has 0 spiro atoms. The first-order valence-electron chi connectivity index (χ1n) is 11.6. The number of carboxylic acid groups (broad SMARTS) is 1. The number of ether oxygens (including phenoxy) is 1. The number of aliphatic carboxylic acids is 1. The van der Waals surface area contributed by atoms with Crippen molar-refractivity contribution in [1.82, 2.24) is 15.1 Å². The zero-order chi connectivity index (χ0) is 24.8. The molecular weight excluding hydrogens is 448 g/mol. The summed E-state index contributed by atoms with van der Waals surface area (Å²) in [7, 11) is 1.63. The number of unbranched alkanes of at least 4 members (excludes halogenated alkanes) is 2. The quantitative estimate of drug-likeness (QED) is 0.378. The van der Waals surface area contributed by atoms with Crippen LogP contribution in [0.3, 0.4) is 0 Å². The number of carbonyl (C=O) groups is 3. The minimum Gasteiger partial charge on any atom is -0.481 e. The Morgan fingerprint density at radius 2 is 1.66 bits per heavy atom. The van der Waals surface area contributed by atoms with Crippen molar-refractivity contribution >= 4 is 23.8 Å². The van der Waals surface area contributed by atoms with Crippen LogP contribution in [0.15, 0.2) is 54.6 Å². The Bertz CT molecular complexity index is 1190. The average Bonchev–Trinajstić information content (AvgIpc) is 3.37. The first-order valence-corrected chi connectivity index (χ1v) is 11.6. The van der Waals surface area contributed by atoms with E-state index < -0.39 is 12.1 Å². The molecule has 1 aliphatic rings. The van der Waals surface area contributed by atoms with Gasteiger partial charge in [-0.05, 0) is 35.1 Å². The molecular formula is C26H28N4O5. The van der Waals surface area contributed by atoms with Crippen LogP contribution in [0.5, 0.6) is 0 Å². The molecule has 0 bridgehead atoms. The fourth-order valence-electron chi connectivity index (χ4n) is 4.30. The van der Waals surface area contributed by atoms with Gasteiger partial charge in [0.25, 0.3) is 5.91 Å². The van der Waals surface area contributed by atoms with E-state index in [0.29, 0.717) is 31.6 Å². The van der Waals surface area contributed by atoms with Gasteiger partial charge >= 0.3 is 12.1 Å². The van der Waals surface area contributed by atoms with E-state index in [1.807, 2.05) is 24.3 Å². The van der Waals surface area contributed by atoms with E-state index in [9.17, 15) is 14.4 Å². The van der Waals surface area contributed by atoms with E-state index in [-0.39, 0.29) is 30.5 Å². The average molecular weight is 477 g/mol. The Kier molecular flexibility index (Phi) is 7.45. The largest absolute Gasteiger partial charge is 0.481 e. The van der Waals surface area contributed by atoms with Crippen LogP contribution >= 0.6 is 0 Å². The molecule has 1 aliphatic carbocycles. The molecule has 1 heterocycles. The van der Waals surface area contributed by atoms with Crippen LogP contribution in [0.25, 0.3) is 11.1 Å². The number of benzene rings is 2. The molecule has 4 rings (SSSR count). The van der Waals surface area contributed by atoms with Gasteiger partial charge in [0, 0.05) is 32.0 Å². The van der Waals surface area contributed by atoms with Crippen LogP contribution in [0.4, 0.5) is 10.6 Å². The summed E-state index contributed by atoms with van der Waals surface area (Å²) in [5.41, 5.74) is 4.74. The lowest BCUT2D eigenvalue weighted by molar-refractivity contribution is -0.137. The van der Waals surface area contributed by atoms with Crippen LogP contribution in [0.1, 0.15) is 53.2 Å². The van der Waals surface area contributed by atoms with Crippen molar-refractivity contribution in [2.24, 2.45) is 7.05 Å². The fourth-order valence-corrected chi connectivity index (χ4v) is 4.30. The number of fused-ring (bicyclic) bond motifs is 3. The first kappa shape index (κ1) is 24.0. The van der Waals surface area contributed by atoms with Gasteiger partial charge in [-0.3, -0.25) is 19.6 Å². The number of aryl methyl sites for hydroxylation is 1. The molecule has 0 fully saturated rings. The van der Waals surface area contributed by atoms with Gasteiger partial charge in [0.2, 0.25) is 0 Å². The Hall–Kier alpha value is -4.14. The number of amides is 2. The number of nitrogens with zero attached hydrogens (tertiary/aromatic N) is 2. The number of aromatic nitrogens is 2. The minimum absolute atomic E-state index is 0.0449. The van der Waals surface area contributed by atoms with Gasteiger partial charge in [0.15, 0.2) is 5.69 Å². The molecule has 0 atom stereocenters. The number of hydrogen-bond acceptors (Lipinski definition) is 5. The topological polar surface area (TPSA) is 123 Å². The van der Waals surface area contributed by atoms with E-state index >= 15 is 0 Å². The Morgan fingerprint density at radius 1 is 1.00 bits per heavy atom. The smallest absolute Gasteiger partial charge is 0.412 e. The molecule has 0 aliphatic heterocycles. The van der Waals surface area contributed by atoms with Gasteiger partial charge in [-0.2, -0.15) is 5.10 Å². The summed E-state index contributed by atoms with van der Waals surface area (Å²) in [6.45, 7) is 0.608. The lowest BCUT2D eigenvalue weighted by atomic mass is 9.98.